The van der Waals surface area contributed by atoms with Gasteiger partial charge in [-0.15, -0.1) is 6.58 Å². The van der Waals surface area contributed by atoms with Gasteiger partial charge in [-0.1, -0.05) is 19.4 Å². The Morgan fingerprint density at radius 2 is 2.05 bits per heavy atom. The molecule has 0 radical (unpaired) electrons. The molecule has 5 heteroatoms. The lowest BCUT2D eigenvalue weighted by atomic mass is 9.97. The molecule has 1 fully saturated rings. The zero-order valence-electron chi connectivity index (χ0n) is 13.5. The molecule has 0 saturated carbocycles. The highest BCUT2D eigenvalue weighted by molar-refractivity contribution is 5.66. The first-order valence-electron chi connectivity index (χ1n) is 7.62. The quantitative estimate of drug-likeness (QED) is 0.551. The van der Waals surface area contributed by atoms with E-state index >= 15 is 0 Å². The van der Waals surface area contributed by atoms with Gasteiger partial charge < -0.3 is 19.3 Å². The maximum atomic E-state index is 11.3. The molecule has 1 aliphatic rings. The van der Waals surface area contributed by atoms with Gasteiger partial charge in [0.15, 0.2) is 5.79 Å². The van der Waals surface area contributed by atoms with Gasteiger partial charge in [0.25, 0.3) is 0 Å². The van der Waals surface area contributed by atoms with E-state index in [-0.39, 0.29) is 5.97 Å². The summed E-state index contributed by atoms with van der Waals surface area (Å²) in [7, 11) is 0. The monoisotopic (exact) mass is 300 g/mol. The minimum Gasteiger partial charge on any atom is -0.460 e. The fourth-order valence-electron chi connectivity index (χ4n) is 2.62. The van der Waals surface area contributed by atoms with Crippen molar-refractivity contribution in [1.29, 1.82) is 0 Å². The first-order chi connectivity index (χ1) is 9.80. The number of unbranched alkanes of at least 4 members (excludes halogenated alkanes) is 1. The highest BCUT2D eigenvalue weighted by atomic mass is 16.8. The minimum atomic E-state index is -0.803. The number of carbonyl (C=O) groups excluding carboxylic acids is 1. The lowest BCUT2D eigenvalue weighted by Gasteiger charge is -2.28. The fourth-order valence-corrected chi connectivity index (χ4v) is 2.62. The van der Waals surface area contributed by atoms with Crippen LogP contribution >= 0.6 is 0 Å². The molecule has 1 N–H and O–H groups in total. The Bertz CT molecular complexity index is 353. The molecule has 0 spiro atoms. The molecule has 1 aliphatic heterocycles. The summed E-state index contributed by atoms with van der Waals surface area (Å²) in [5.74, 6) is -1.15. The molecule has 0 aromatic rings. The molecule has 0 aliphatic carbocycles. The second-order valence-electron chi connectivity index (χ2n) is 5.95. The summed E-state index contributed by atoms with van der Waals surface area (Å²) >= 11 is 0. The Labute approximate surface area is 127 Å². The number of ether oxygens (including phenoxy) is 3. The molecule has 0 aromatic heterocycles. The summed E-state index contributed by atoms with van der Waals surface area (Å²) in [5.41, 5.74) is 0. The Hall–Kier alpha value is -0.910. The fraction of sp³-hybridized carbons (Fsp3) is 0.812. The van der Waals surface area contributed by atoms with E-state index < -0.39 is 30.2 Å². The first-order valence-corrected chi connectivity index (χ1v) is 7.62. The van der Waals surface area contributed by atoms with E-state index in [1.54, 1.807) is 19.9 Å². The van der Waals surface area contributed by atoms with Crippen LogP contribution in [0.4, 0.5) is 0 Å². The standard InChI is InChI=1S/C16H28O5/c1-6-8-10-13(19-11(3)17)15-14(12(18)9-7-2)20-16(4,5)21-15/h7,12-15,18H,2,6,8-10H2,1,3-5H3/t12-,13+,14-,15-/m1/s1. The van der Waals surface area contributed by atoms with Gasteiger partial charge in [-0.05, 0) is 33.1 Å². The first kappa shape index (κ1) is 18.1. The van der Waals surface area contributed by atoms with Crippen LogP contribution in [0, 0.1) is 0 Å². The zero-order valence-corrected chi connectivity index (χ0v) is 13.5. The van der Waals surface area contributed by atoms with E-state index in [4.69, 9.17) is 14.2 Å². The van der Waals surface area contributed by atoms with Crippen molar-refractivity contribution in [3.8, 4) is 0 Å². The molecule has 0 unspecified atom stereocenters. The molecule has 5 nitrogen and oxygen atoms in total. The predicted octanol–water partition coefficient (Wildman–Crippen LogP) is 2.57. The van der Waals surface area contributed by atoms with E-state index in [1.165, 1.54) is 6.92 Å². The van der Waals surface area contributed by atoms with E-state index in [0.29, 0.717) is 12.8 Å². The minimum absolute atomic E-state index is 0.346. The van der Waals surface area contributed by atoms with Gasteiger partial charge in [-0.25, -0.2) is 0 Å². The van der Waals surface area contributed by atoms with Crippen LogP contribution in [0.5, 0.6) is 0 Å². The van der Waals surface area contributed by atoms with Crippen molar-refractivity contribution in [2.75, 3.05) is 0 Å². The second-order valence-corrected chi connectivity index (χ2v) is 5.95. The average Bonchev–Trinajstić information content (AvgIpc) is 2.70. The summed E-state index contributed by atoms with van der Waals surface area (Å²) in [6.45, 7) is 10.7. The van der Waals surface area contributed by atoms with Gasteiger partial charge in [0.05, 0.1) is 6.10 Å². The van der Waals surface area contributed by atoms with Crippen LogP contribution in [0.3, 0.4) is 0 Å². The molecule has 1 rings (SSSR count). The van der Waals surface area contributed by atoms with Crippen molar-refractivity contribution in [2.24, 2.45) is 0 Å². The SMILES string of the molecule is C=CC[C@@H](O)[C@H]1OC(C)(C)O[C@@H]1[C@H](CCCC)OC(C)=O. The molecular weight excluding hydrogens is 272 g/mol. The number of aliphatic hydroxyl groups excluding tert-OH is 1. The van der Waals surface area contributed by atoms with Crippen LogP contribution in [0.2, 0.25) is 0 Å². The number of rotatable bonds is 8. The Morgan fingerprint density at radius 3 is 2.57 bits per heavy atom. The summed E-state index contributed by atoms with van der Waals surface area (Å²) in [6.07, 6.45) is 2.52. The van der Waals surface area contributed by atoms with Gasteiger partial charge in [0, 0.05) is 6.92 Å². The summed E-state index contributed by atoms with van der Waals surface area (Å²) in [4.78, 5) is 11.3. The van der Waals surface area contributed by atoms with Crippen molar-refractivity contribution in [3.05, 3.63) is 12.7 Å². The summed E-state index contributed by atoms with van der Waals surface area (Å²) < 4.78 is 17.1. The molecule has 0 bridgehead atoms. The number of hydrogen-bond acceptors (Lipinski definition) is 5. The average molecular weight is 300 g/mol. The van der Waals surface area contributed by atoms with Crippen molar-refractivity contribution < 1.29 is 24.1 Å². The number of carbonyl (C=O) groups is 1. The lowest BCUT2D eigenvalue weighted by molar-refractivity contribution is -0.171. The van der Waals surface area contributed by atoms with Gasteiger partial charge in [-0.3, -0.25) is 4.79 Å². The third-order valence-corrected chi connectivity index (χ3v) is 3.48. The molecule has 4 atom stereocenters. The Kier molecular flexibility index (Phi) is 6.84. The Morgan fingerprint density at radius 1 is 1.43 bits per heavy atom. The number of aliphatic hydroxyl groups is 1. The molecule has 122 valence electrons. The molecular formula is C16H28O5. The highest BCUT2D eigenvalue weighted by Gasteiger charge is 2.48. The number of hydrogen-bond donors (Lipinski definition) is 1. The van der Waals surface area contributed by atoms with E-state index in [9.17, 15) is 9.90 Å². The van der Waals surface area contributed by atoms with Crippen LogP contribution < -0.4 is 0 Å². The van der Waals surface area contributed by atoms with Crippen LogP contribution in [0.25, 0.3) is 0 Å². The highest BCUT2D eigenvalue weighted by Crippen LogP contribution is 2.34. The molecule has 0 amide bonds. The maximum absolute atomic E-state index is 11.3. The van der Waals surface area contributed by atoms with Crippen molar-refractivity contribution in [1.82, 2.24) is 0 Å². The van der Waals surface area contributed by atoms with Gasteiger partial charge in [0.1, 0.15) is 18.3 Å². The van der Waals surface area contributed by atoms with E-state index in [1.807, 2.05) is 0 Å². The van der Waals surface area contributed by atoms with Gasteiger partial charge >= 0.3 is 5.97 Å². The molecule has 21 heavy (non-hydrogen) atoms. The van der Waals surface area contributed by atoms with Crippen LogP contribution in [0.15, 0.2) is 12.7 Å². The third-order valence-electron chi connectivity index (χ3n) is 3.48. The zero-order chi connectivity index (χ0) is 16.0. The second kappa shape index (κ2) is 7.92. The van der Waals surface area contributed by atoms with Crippen LogP contribution in [0.1, 0.15) is 53.4 Å². The summed E-state index contributed by atoms with van der Waals surface area (Å²) in [6, 6.07) is 0. The maximum Gasteiger partial charge on any atom is 0.302 e. The van der Waals surface area contributed by atoms with Gasteiger partial charge in [0.2, 0.25) is 0 Å². The summed E-state index contributed by atoms with van der Waals surface area (Å²) in [5, 5.41) is 10.2. The Balaban J connectivity index is 2.88. The smallest absolute Gasteiger partial charge is 0.302 e. The van der Waals surface area contributed by atoms with Crippen LogP contribution in [-0.4, -0.2) is 41.3 Å². The van der Waals surface area contributed by atoms with Crippen molar-refractivity contribution >= 4 is 5.97 Å². The normalized spacial score (nSPS) is 27.1. The molecule has 1 heterocycles. The lowest BCUT2D eigenvalue weighted by Crippen LogP contribution is -2.44. The molecule has 1 saturated heterocycles. The topological polar surface area (TPSA) is 65.0 Å². The van der Waals surface area contributed by atoms with Crippen molar-refractivity contribution in [3.63, 3.8) is 0 Å². The van der Waals surface area contributed by atoms with Crippen LogP contribution in [-0.2, 0) is 19.0 Å². The molecule has 0 aromatic carbocycles. The van der Waals surface area contributed by atoms with Crippen molar-refractivity contribution in [2.45, 2.75) is 83.6 Å². The third kappa shape index (κ3) is 5.41. The van der Waals surface area contributed by atoms with E-state index in [0.717, 1.165) is 12.8 Å². The largest absolute Gasteiger partial charge is 0.460 e. The van der Waals surface area contributed by atoms with E-state index in [2.05, 4.69) is 13.5 Å². The van der Waals surface area contributed by atoms with Gasteiger partial charge in [-0.2, -0.15) is 0 Å². The number of esters is 1. The predicted molar refractivity (Wildman–Crippen MR) is 79.7 cm³/mol.